The van der Waals surface area contributed by atoms with E-state index in [0.29, 0.717) is 12.4 Å². The number of benzene rings is 1. The van der Waals surface area contributed by atoms with Crippen molar-refractivity contribution in [3.63, 3.8) is 0 Å². The van der Waals surface area contributed by atoms with Gasteiger partial charge in [0.15, 0.2) is 0 Å². The summed E-state index contributed by atoms with van der Waals surface area (Å²) in [7, 11) is 3.99. The van der Waals surface area contributed by atoms with Gasteiger partial charge in [0, 0.05) is 20.0 Å². The van der Waals surface area contributed by atoms with Crippen molar-refractivity contribution in [1.82, 2.24) is 19.4 Å². The zero-order valence-corrected chi connectivity index (χ0v) is 25.6. The zero-order chi connectivity index (χ0) is 28.3. The van der Waals surface area contributed by atoms with Gasteiger partial charge in [0.25, 0.3) is 5.91 Å². The van der Waals surface area contributed by atoms with Crippen LogP contribution in [0.1, 0.15) is 134 Å². The normalized spacial score (nSPS) is 11.5. The van der Waals surface area contributed by atoms with Gasteiger partial charge in [-0.3, -0.25) is 14.5 Å². The van der Waals surface area contributed by atoms with Gasteiger partial charge < -0.3 is 9.47 Å². The minimum atomic E-state index is -0.283. The first kappa shape index (κ1) is 33.0. The number of aryl methyl sites for hydroxylation is 1. The quantitative estimate of drug-likeness (QED) is 0.141. The van der Waals surface area contributed by atoms with Crippen LogP contribution in [-0.2, 0) is 11.3 Å². The Labute approximate surface area is 238 Å². The second-order valence-electron chi connectivity index (χ2n) is 11.5. The second-order valence-corrected chi connectivity index (χ2v) is 11.5. The molecule has 0 unspecified atom stereocenters. The maximum Gasteiger partial charge on any atom is 0.296 e. The molecule has 2 rings (SSSR count). The highest BCUT2D eigenvalue weighted by Crippen LogP contribution is 2.20. The van der Waals surface area contributed by atoms with Crippen molar-refractivity contribution in [1.29, 1.82) is 0 Å². The number of unbranched alkanes of at least 4 members (excludes halogenated alkanes) is 15. The molecule has 0 N–H and O–H groups in total. The lowest BCUT2D eigenvalue weighted by Gasteiger charge is -2.20. The lowest BCUT2D eigenvalue weighted by atomic mass is 10.0. The highest BCUT2D eigenvalue weighted by atomic mass is 16.2. The fraction of sp³-hybridized carbons (Fsp3) is 0.727. The summed E-state index contributed by atoms with van der Waals surface area (Å²) in [5.41, 5.74) is 1.78. The number of carbonyl (C=O) groups excluding carboxylic acids is 2. The molecule has 0 fully saturated rings. The molecule has 6 heteroatoms. The molecule has 0 radical (unpaired) electrons. The van der Waals surface area contributed by atoms with Crippen LogP contribution in [-0.4, -0.2) is 58.4 Å². The minimum absolute atomic E-state index is 0.222. The molecule has 0 spiro atoms. The summed E-state index contributed by atoms with van der Waals surface area (Å²) in [4.78, 5) is 33.8. The van der Waals surface area contributed by atoms with Crippen LogP contribution in [0.15, 0.2) is 24.3 Å². The summed E-state index contributed by atoms with van der Waals surface area (Å²) < 4.78 is 2.03. The standard InChI is InChI=1S/C33H56N4O2/c1-5-6-7-8-9-10-11-12-13-14-15-16-17-18-19-22-27-37-31-25-21-20-24-30(31)34-32(37)33(39)36(29(2)38)28-23-26-35(3)4/h20-21,24-25H,5-19,22-23,26-28H2,1-4H3. The Bertz CT molecular complexity index is 952. The SMILES string of the molecule is CCCCCCCCCCCCCCCCCCn1c(C(=O)N(CCCN(C)C)C(C)=O)nc2ccccc21. The topological polar surface area (TPSA) is 58.4 Å². The molecule has 2 aromatic rings. The Morgan fingerprint density at radius 1 is 0.718 bits per heavy atom. The smallest absolute Gasteiger partial charge is 0.296 e. The van der Waals surface area contributed by atoms with E-state index in [4.69, 9.17) is 0 Å². The molecule has 6 nitrogen and oxygen atoms in total. The van der Waals surface area contributed by atoms with E-state index in [1.165, 1.54) is 102 Å². The molecule has 0 aliphatic rings. The van der Waals surface area contributed by atoms with Crippen LogP contribution >= 0.6 is 0 Å². The van der Waals surface area contributed by atoms with Gasteiger partial charge in [-0.05, 0) is 45.6 Å². The van der Waals surface area contributed by atoms with Gasteiger partial charge in [0.1, 0.15) is 0 Å². The van der Waals surface area contributed by atoms with Crippen molar-refractivity contribution in [3.05, 3.63) is 30.1 Å². The number of carbonyl (C=O) groups is 2. The fourth-order valence-electron chi connectivity index (χ4n) is 5.35. The zero-order valence-electron chi connectivity index (χ0n) is 25.6. The molecular formula is C33H56N4O2. The van der Waals surface area contributed by atoms with E-state index in [1.54, 1.807) is 0 Å². The second kappa shape index (κ2) is 19.8. The van der Waals surface area contributed by atoms with Crippen molar-refractivity contribution in [3.8, 4) is 0 Å². The highest BCUT2D eigenvalue weighted by Gasteiger charge is 2.25. The van der Waals surface area contributed by atoms with Crippen LogP contribution < -0.4 is 0 Å². The maximum atomic E-state index is 13.4. The monoisotopic (exact) mass is 540 g/mol. The number of amides is 2. The van der Waals surface area contributed by atoms with Crippen LogP contribution in [0, 0.1) is 0 Å². The summed E-state index contributed by atoms with van der Waals surface area (Å²) in [6.45, 7) is 5.74. The molecule has 39 heavy (non-hydrogen) atoms. The summed E-state index contributed by atoms with van der Waals surface area (Å²) in [6, 6.07) is 7.90. The van der Waals surface area contributed by atoms with E-state index in [2.05, 4.69) is 16.8 Å². The van der Waals surface area contributed by atoms with E-state index >= 15 is 0 Å². The molecular weight excluding hydrogens is 484 g/mol. The first-order chi connectivity index (χ1) is 19.0. The van der Waals surface area contributed by atoms with Gasteiger partial charge in [0.05, 0.1) is 11.0 Å². The first-order valence-corrected chi connectivity index (χ1v) is 15.9. The summed E-state index contributed by atoms with van der Waals surface area (Å²) in [5.74, 6) is -0.120. The number of para-hydroxylation sites is 2. The number of hydrogen-bond donors (Lipinski definition) is 0. The van der Waals surface area contributed by atoms with Gasteiger partial charge in [-0.1, -0.05) is 115 Å². The van der Waals surface area contributed by atoms with E-state index in [-0.39, 0.29) is 11.8 Å². The Morgan fingerprint density at radius 2 is 1.23 bits per heavy atom. The third-order valence-electron chi connectivity index (χ3n) is 7.69. The number of rotatable bonds is 22. The highest BCUT2D eigenvalue weighted by molar-refractivity contribution is 6.03. The third kappa shape index (κ3) is 12.7. The van der Waals surface area contributed by atoms with Crippen LogP contribution in [0.3, 0.4) is 0 Å². The predicted molar refractivity (Wildman–Crippen MR) is 164 cm³/mol. The molecule has 0 saturated carbocycles. The van der Waals surface area contributed by atoms with Crippen molar-refractivity contribution in [2.75, 3.05) is 27.2 Å². The summed E-state index contributed by atoms with van der Waals surface area (Å²) in [6.07, 6.45) is 22.2. The Kier molecular flexibility index (Phi) is 16.7. The van der Waals surface area contributed by atoms with Crippen LogP contribution in [0.2, 0.25) is 0 Å². The number of fused-ring (bicyclic) bond motifs is 1. The number of imidazole rings is 1. The van der Waals surface area contributed by atoms with E-state index < -0.39 is 0 Å². The Hall–Kier alpha value is -2.21. The number of nitrogens with zero attached hydrogens (tertiary/aromatic N) is 4. The minimum Gasteiger partial charge on any atom is -0.320 e. The van der Waals surface area contributed by atoms with E-state index in [1.807, 2.05) is 42.9 Å². The fourth-order valence-corrected chi connectivity index (χ4v) is 5.35. The van der Waals surface area contributed by atoms with Crippen LogP contribution in [0.25, 0.3) is 11.0 Å². The summed E-state index contributed by atoms with van der Waals surface area (Å²) >= 11 is 0. The number of imide groups is 1. The molecule has 0 saturated heterocycles. The predicted octanol–water partition coefficient (Wildman–Crippen LogP) is 8.24. The first-order valence-electron chi connectivity index (χ1n) is 15.9. The van der Waals surface area contributed by atoms with E-state index in [0.717, 1.165) is 43.4 Å². The largest absolute Gasteiger partial charge is 0.320 e. The van der Waals surface area contributed by atoms with E-state index in [9.17, 15) is 9.59 Å². The molecule has 0 atom stereocenters. The lowest BCUT2D eigenvalue weighted by molar-refractivity contribution is -0.126. The van der Waals surface area contributed by atoms with Crippen molar-refractivity contribution < 1.29 is 9.59 Å². The molecule has 0 aliphatic heterocycles. The van der Waals surface area contributed by atoms with Gasteiger partial charge in [-0.15, -0.1) is 0 Å². The van der Waals surface area contributed by atoms with Crippen molar-refractivity contribution in [2.24, 2.45) is 0 Å². The molecule has 1 aromatic carbocycles. The molecule has 220 valence electrons. The average molecular weight is 541 g/mol. The lowest BCUT2D eigenvalue weighted by Crippen LogP contribution is -2.38. The number of aromatic nitrogens is 2. The molecule has 0 bridgehead atoms. The van der Waals surface area contributed by atoms with Gasteiger partial charge in [0.2, 0.25) is 11.7 Å². The van der Waals surface area contributed by atoms with Crippen LogP contribution in [0.4, 0.5) is 0 Å². The molecule has 1 aromatic heterocycles. The van der Waals surface area contributed by atoms with Gasteiger partial charge >= 0.3 is 0 Å². The summed E-state index contributed by atoms with van der Waals surface area (Å²) in [5, 5.41) is 0. The van der Waals surface area contributed by atoms with Crippen molar-refractivity contribution >= 4 is 22.8 Å². The molecule has 2 amide bonds. The average Bonchev–Trinajstić information content (AvgIpc) is 3.28. The van der Waals surface area contributed by atoms with Gasteiger partial charge in [-0.2, -0.15) is 0 Å². The van der Waals surface area contributed by atoms with Crippen molar-refractivity contribution in [2.45, 2.75) is 130 Å². The molecule has 0 aliphatic carbocycles. The maximum absolute atomic E-state index is 13.4. The Balaban J connectivity index is 1.72. The van der Waals surface area contributed by atoms with Gasteiger partial charge in [-0.25, -0.2) is 4.98 Å². The molecule has 1 heterocycles. The number of hydrogen-bond acceptors (Lipinski definition) is 4. The third-order valence-corrected chi connectivity index (χ3v) is 7.69. The van der Waals surface area contributed by atoms with Crippen LogP contribution in [0.5, 0.6) is 0 Å². The Morgan fingerprint density at radius 3 is 1.74 bits per heavy atom.